The fourth-order valence-electron chi connectivity index (χ4n) is 6.55. The second-order valence-corrected chi connectivity index (χ2v) is 17.3. The largest absolute Gasteiger partial charge is 0.390 e. The number of nitrogens with one attached hydrogen (secondary N) is 3. The molecule has 6 atom stereocenters. The zero-order chi connectivity index (χ0) is 32.2. The van der Waals surface area contributed by atoms with E-state index in [1.165, 1.54) is 12.8 Å². The third kappa shape index (κ3) is 9.74. The van der Waals surface area contributed by atoms with E-state index in [0.29, 0.717) is 18.3 Å². The summed E-state index contributed by atoms with van der Waals surface area (Å²) in [6.45, 7) is 13.7. The average molecular weight is 621 g/mol. The summed E-state index contributed by atoms with van der Waals surface area (Å²) < 4.78 is 24.1. The van der Waals surface area contributed by atoms with Crippen molar-refractivity contribution in [2.45, 2.75) is 128 Å². The molecule has 9 nitrogen and oxygen atoms in total. The van der Waals surface area contributed by atoms with Crippen molar-refractivity contribution in [1.82, 2.24) is 20.9 Å². The molecule has 1 saturated heterocycles. The van der Waals surface area contributed by atoms with Gasteiger partial charge in [0, 0.05) is 30.9 Å². The Bertz CT molecular complexity index is 1180. The SMILES string of the molecule is CC(C)NC(C(=O)NC(Cc1ccccc1)C(O)CN1CC2CCCCC2CC1C(=O)NC(C)(C)C)C(C)(C)S(C)(=O)=O. The minimum absolute atomic E-state index is 0.0246. The van der Waals surface area contributed by atoms with Gasteiger partial charge >= 0.3 is 0 Å². The summed E-state index contributed by atoms with van der Waals surface area (Å²) >= 11 is 0. The molecule has 6 unspecified atom stereocenters. The molecule has 0 radical (unpaired) electrons. The highest BCUT2D eigenvalue weighted by Gasteiger charge is 2.45. The number of hydrogen-bond donors (Lipinski definition) is 4. The van der Waals surface area contributed by atoms with Crippen molar-refractivity contribution in [3.63, 3.8) is 0 Å². The molecule has 1 heterocycles. The van der Waals surface area contributed by atoms with Crippen LogP contribution < -0.4 is 16.0 Å². The number of nitrogens with zero attached hydrogens (tertiary/aromatic N) is 1. The molecule has 1 aromatic carbocycles. The van der Waals surface area contributed by atoms with E-state index in [9.17, 15) is 23.1 Å². The summed E-state index contributed by atoms with van der Waals surface area (Å²) in [6.07, 6.45) is 5.91. The highest BCUT2D eigenvalue weighted by atomic mass is 32.2. The van der Waals surface area contributed by atoms with Crippen molar-refractivity contribution in [1.29, 1.82) is 0 Å². The van der Waals surface area contributed by atoms with Crippen LogP contribution in [0.1, 0.15) is 86.1 Å². The third-order valence-corrected chi connectivity index (χ3v) is 11.4. The molecule has 10 heteroatoms. The molecule has 1 aromatic rings. The van der Waals surface area contributed by atoms with Crippen LogP contribution in [0.3, 0.4) is 0 Å². The summed E-state index contributed by atoms with van der Waals surface area (Å²) in [5.74, 6) is 0.483. The van der Waals surface area contributed by atoms with Crippen molar-refractivity contribution in [3.8, 4) is 0 Å². The van der Waals surface area contributed by atoms with Gasteiger partial charge in [-0.2, -0.15) is 0 Å². The zero-order valence-electron chi connectivity index (χ0n) is 27.5. The molecule has 1 aliphatic heterocycles. The summed E-state index contributed by atoms with van der Waals surface area (Å²) in [6, 6.07) is 7.40. The average Bonchev–Trinajstić information content (AvgIpc) is 2.89. The van der Waals surface area contributed by atoms with E-state index in [2.05, 4.69) is 20.9 Å². The molecule has 43 heavy (non-hydrogen) atoms. The van der Waals surface area contributed by atoms with Gasteiger partial charge < -0.3 is 21.1 Å². The van der Waals surface area contributed by atoms with Crippen molar-refractivity contribution < 1.29 is 23.1 Å². The molecule has 244 valence electrons. The van der Waals surface area contributed by atoms with E-state index in [1.54, 1.807) is 13.8 Å². The number of piperidine rings is 1. The number of hydrogen-bond acceptors (Lipinski definition) is 7. The Morgan fingerprint density at radius 3 is 2.19 bits per heavy atom. The molecular formula is C33H56N4O5S. The van der Waals surface area contributed by atoms with Gasteiger partial charge in [-0.05, 0) is 71.3 Å². The maximum absolute atomic E-state index is 13.9. The Labute approximate surface area is 259 Å². The Balaban J connectivity index is 1.90. The molecule has 2 fully saturated rings. The van der Waals surface area contributed by atoms with Crippen LogP contribution in [-0.4, -0.2) is 90.1 Å². The summed E-state index contributed by atoms with van der Waals surface area (Å²) in [5, 5.41) is 21.1. The van der Waals surface area contributed by atoms with Gasteiger partial charge in [0.25, 0.3) is 0 Å². The van der Waals surface area contributed by atoms with E-state index >= 15 is 0 Å². The van der Waals surface area contributed by atoms with E-state index in [0.717, 1.165) is 37.6 Å². The minimum Gasteiger partial charge on any atom is -0.390 e. The van der Waals surface area contributed by atoms with Crippen molar-refractivity contribution in [3.05, 3.63) is 35.9 Å². The standard InChI is InChI=1S/C33H56N4O5S/c1-22(2)34-29(33(6,7)43(8,41)42)31(40)35-26(18-23-14-10-9-11-15-23)28(38)21-37-20-25-17-13-12-16-24(25)19-27(37)30(39)36-32(3,4)5/h9-11,14-15,22,24-29,34,38H,12-13,16-21H2,1-8H3,(H,35,40)(H,36,39). The number of sulfone groups is 1. The van der Waals surface area contributed by atoms with Crippen LogP contribution in [0.4, 0.5) is 0 Å². The monoisotopic (exact) mass is 620 g/mol. The lowest BCUT2D eigenvalue weighted by atomic mass is 9.72. The number of β-amino-alcohol motifs (C(OH)–C–C–N with tert-alkyl or cyclic N) is 1. The molecule has 2 amide bonds. The zero-order valence-corrected chi connectivity index (χ0v) is 28.3. The number of carbonyl (C=O) groups is 2. The number of likely N-dealkylation sites (tertiary alicyclic amines) is 1. The normalized spacial score (nSPS) is 24.1. The van der Waals surface area contributed by atoms with E-state index in [-0.39, 0.29) is 30.1 Å². The van der Waals surface area contributed by atoms with Crippen molar-refractivity contribution >= 4 is 21.7 Å². The minimum atomic E-state index is -3.61. The van der Waals surface area contributed by atoms with E-state index in [4.69, 9.17) is 0 Å². The maximum Gasteiger partial charge on any atom is 0.239 e. The second-order valence-electron chi connectivity index (χ2n) is 14.8. The van der Waals surface area contributed by atoms with Crippen LogP contribution in [-0.2, 0) is 25.8 Å². The van der Waals surface area contributed by atoms with Crippen molar-refractivity contribution in [2.75, 3.05) is 19.3 Å². The molecule has 0 aromatic heterocycles. The smallest absolute Gasteiger partial charge is 0.239 e. The van der Waals surface area contributed by atoms with Crippen LogP contribution in [0.2, 0.25) is 0 Å². The number of aliphatic hydroxyl groups is 1. The van der Waals surface area contributed by atoms with Crippen LogP contribution in [0.25, 0.3) is 0 Å². The maximum atomic E-state index is 13.9. The van der Waals surface area contributed by atoms with E-state index in [1.807, 2.05) is 65.0 Å². The summed E-state index contributed by atoms with van der Waals surface area (Å²) in [4.78, 5) is 29.5. The van der Waals surface area contributed by atoms with Crippen LogP contribution in [0, 0.1) is 11.8 Å². The van der Waals surface area contributed by atoms with Gasteiger partial charge in [-0.1, -0.05) is 63.4 Å². The first-order valence-electron chi connectivity index (χ1n) is 15.9. The predicted molar refractivity (Wildman–Crippen MR) is 172 cm³/mol. The molecule has 1 aliphatic carbocycles. The molecular weight excluding hydrogens is 564 g/mol. The third-order valence-electron chi connectivity index (χ3n) is 9.23. The Hall–Kier alpha value is -2.01. The van der Waals surface area contributed by atoms with Gasteiger partial charge in [-0.15, -0.1) is 0 Å². The first-order valence-corrected chi connectivity index (χ1v) is 17.8. The number of rotatable bonds is 12. The number of carbonyl (C=O) groups excluding carboxylic acids is 2. The summed E-state index contributed by atoms with van der Waals surface area (Å²) in [5.41, 5.74) is 0.565. The topological polar surface area (TPSA) is 128 Å². The van der Waals surface area contributed by atoms with Gasteiger partial charge in [0.1, 0.15) is 6.04 Å². The number of amides is 2. The van der Waals surface area contributed by atoms with Gasteiger partial charge in [-0.3, -0.25) is 14.5 Å². The summed E-state index contributed by atoms with van der Waals surface area (Å²) in [7, 11) is -3.61. The number of benzene rings is 1. The predicted octanol–water partition coefficient (Wildman–Crippen LogP) is 3.06. The first kappa shape index (κ1) is 35.5. The highest BCUT2D eigenvalue weighted by molar-refractivity contribution is 7.92. The first-order chi connectivity index (χ1) is 19.9. The Morgan fingerprint density at radius 1 is 1.02 bits per heavy atom. The Morgan fingerprint density at radius 2 is 1.63 bits per heavy atom. The molecule has 2 aliphatic rings. The highest BCUT2D eigenvalue weighted by Crippen LogP contribution is 2.39. The lowest BCUT2D eigenvalue weighted by Crippen LogP contribution is -2.64. The van der Waals surface area contributed by atoms with Gasteiger partial charge in [-0.25, -0.2) is 8.42 Å². The molecule has 0 spiro atoms. The van der Waals surface area contributed by atoms with Crippen LogP contribution >= 0.6 is 0 Å². The van der Waals surface area contributed by atoms with Crippen LogP contribution in [0.5, 0.6) is 0 Å². The van der Waals surface area contributed by atoms with Crippen molar-refractivity contribution in [2.24, 2.45) is 11.8 Å². The Kier molecular flexibility index (Phi) is 11.9. The molecule has 4 N–H and O–H groups in total. The lowest BCUT2D eigenvalue weighted by molar-refractivity contribution is -0.133. The fourth-order valence-corrected chi connectivity index (χ4v) is 7.15. The molecule has 1 saturated carbocycles. The van der Waals surface area contributed by atoms with Gasteiger partial charge in [0.05, 0.1) is 22.9 Å². The number of aliphatic hydroxyl groups excluding tert-OH is 1. The fraction of sp³-hybridized carbons (Fsp3) is 0.758. The number of fused-ring (bicyclic) bond motifs is 1. The lowest BCUT2D eigenvalue weighted by Gasteiger charge is -2.47. The van der Waals surface area contributed by atoms with Crippen LogP contribution in [0.15, 0.2) is 30.3 Å². The molecule has 3 rings (SSSR count). The second kappa shape index (κ2) is 14.4. The quantitative estimate of drug-likeness (QED) is 0.283. The molecule has 0 bridgehead atoms. The van der Waals surface area contributed by atoms with Gasteiger partial charge in [0.2, 0.25) is 11.8 Å². The van der Waals surface area contributed by atoms with E-state index < -0.39 is 38.7 Å². The van der Waals surface area contributed by atoms with Gasteiger partial charge in [0.15, 0.2) is 9.84 Å².